The Kier molecular flexibility index (Phi) is 7.87. The normalized spacial score (nSPS) is 23.0. The molecule has 0 fully saturated rings. The molecule has 2 N–H and O–H groups in total. The van der Waals surface area contributed by atoms with Gasteiger partial charge in [-0.25, -0.2) is 8.42 Å². The standard InChI is InChI=1S/C20H31N3O4S/c1-15-13-23(16(2)14-24)28(25,26)20-9-8-17(7-6-10-22(4)5)11-18(20)27-19(15)12-21-3/h8-9,11,15-16,19,21,24H,10,12-14H2,1-5H3/t15-,16-,19-/m1/s1. The first-order valence-electron chi connectivity index (χ1n) is 9.42. The van der Waals surface area contributed by atoms with E-state index in [1.165, 1.54) is 4.31 Å². The average Bonchev–Trinajstić information content (AvgIpc) is 2.63. The summed E-state index contributed by atoms with van der Waals surface area (Å²) in [5.41, 5.74) is 0.703. The van der Waals surface area contributed by atoms with E-state index in [4.69, 9.17) is 4.74 Å². The number of sulfonamides is 1. The van der Waals surface area contributed by atoms with Crippen LogP contribution in [0.4, 0.5) is 0 Å². The van der Waals surface area contributed by atoms with E-state index in [1.807, 2.05) is 33.0 Å². The summed E-state index contributed by atoms with van der Waals surface area (Å²) in [6, 6.07) is 4.42. The number of nitrogens with zero attached hydrogens (tertiary/aromatic N) is 2. The number of ether oxygens (including phenoxy) is 1. The second-order valence-electron chi connectivity index (χ2n) is 7.50. The van der Waals surface area contributed by atoms with E-state index in [9.17, 15) is 13.5 Å². The molecule has 8 heteroatoms. The molecule has 0 unspecified atom stereocenters. The minimum Gasteiger partial charge on any atom is -0.487 e. The number of rotatable bonds is 5. The quantitative estimate of drug-likeness (QED) is 0.693. The van der Waals surface area contributed by atoms with Crippen molar-refractivity contribution in [3.63, 3.8) is 0 Å². The zero-order valence-electron chi connectivity index (χ0n) is 17.3. The van der Waals surface area contributed by atoms with Crippen molar-refractivity contribution >= 4 is 10.0 Å². The smallest absolute Gasteiger partial charge is 0.247 e. The third kappa shape index (κ3) is 5.25. The highest BCUT2D eigenvalue weighted by atomic mass is 32.2. The van der Waals surface area contributed by atoms with Gasteiger partial charge >= 0.3 is 0 Å². The highest BCUT2D eigenvalue weighted by Crippen LogP contribution is 2.33. The van der Waals surface area contributed by atoms with Crippen molar-refractivity contribution in [3.05, 3.63) is 23.8 Å². The van der Waals surface area contributed by atoms with Gasteiger partial charge in [0.25, 0.3) is 0 Å². The van der Waals surface area contributed by atoms with Crippen LogP contribution in [0.15, 0.2) is 23.1 Å². The fourth-order valence-electron chi connectivity index (χ4n) is 3.05. The highest BCUT2D eigenvalue weighted by Gasteiger charge is 2.37. The van der Waals surface area contributed by atoms with E-state index >= 15 is 0 Å². The van der Waals surface area contributed by atoms with Crippen molar-refractivity contribution in [2.45, 2.75) is 30.9 Å². The van der Waals surface area contributed by atoms with Crippen LogP contribution in [0.5, 0.6) is 5.75 Å². The Labute approximate surface area is 168 Å². The fourth-order valence-corrected chi connectivity index (χ4v) is 4.87. The molecule has 1 aromatic carbocycles. The van der Waals surface area contributed by atoms with Gasteiger partial charge in [0.1, 0.15) is 16.7 Å². The van der Waals surface area contributed by atoms with Crippen LogP contribution >= 0.6 is 0 Å². The van der Waals surface area contributed by atoms with Gasteiger partial charge in [0.2, 0.25) is 10.0 Å². The molecule has 0 saturated heterocycles. The lowest BCUT2D eigenvalue weighted by Crippen LogP contribution is -2.49. The summed E-state index contributed by atoms with van der Waals surface area (Å²) in [6.07, 6.45) is -0.211. The van der Waals surface area contributed by atoms with Gasteiger partial charge in [-0.15, -0.1) is 0 Å². The molecule has 1 aromatic rings. The van der Waals surface area contributed by atoms with Crippen molar-refractivity contribution < 1.29 is 18.3 Å². The Morgan fingerprint density at radius 3 is 2.75 bits per heavy atom. The molecule has 156 valence electrons. The second kappa shape index (κ2) is 9.72. The summed E-state index contributed by atoms with van der Waals surface area (Å²) >= 11 is 0. The lowest BCUT2D eigenvalue weighted by atomic mass is 10.0. The van der Waals surface area contributed by atoms with E-state index in [0.717, 1.165) is 0 Å². The first kappa shape index (κ1) is 22.7. The lowest BCUT2D eigenvalue weighted by molar-refractivity contribution is 0.103. The van der Waals surface area contributed by atoms with Crippen molar-refractivity contribution in [1.82, 2.24) is 14.5 Å². The van der Waals surface area contributed by atoms with Crippen LogP contribution < -0.4 is 10.1 Å². The summed E-state index contributed by atoms with van der Waals surface area (Å²) < 4.78 is 34.1. The predicted molar refractivity (Wildman–Crippen MR) is 110 cm³/mol. The molecule has 0 spiro atoms. The molecule has 0 saturated carbocycles. The fraction of sp³-hybridized carbons (Fsp3) is 0.600. The summed E-state index contributed by atoms with van der Waals surface area (Å²) in [4.78, 5) is 2.07. The monoisotopic (exact) mass is 409 g/mol. The van der Waals surface area contributed by atoms with Gasteiger partial charge in [-0.3, -0.25) is 4.90 Å². The molecule has 7 nitrogen and oxygen atoms in total. The Hall–Kier alpha value is -1.63. The van der Waals surface area contributed by atoms with Crippen molar-refractivity contribution in [3.8, 4) is 17.6 Å². The molecule has 1 aliphatic rings. The number of fused-ring (bicyclic) bond motifs is 1. The van der Waals surface area contributed by atoms with Crippen LogP contribution in [0.3, 0.4) is 0 Å². The third-order valence-corrected chi connectivity index (χ3v) is 6.72. The molecule has 0 aromatic heterocycles. The van der Waals surface area contributed by atoms with Gasteiger partial charge in [0.05, 0.1) is 13.2 Å². The third-order valence-electron chi connectivity index (χ3n) is 4.70. The zero-order chi connectivity index (χ0) is 20.9. The van der Waals surface area contributed by atoms with Crippen LogP contribution in [-0.2, 0) is 10.0 Å². The van der Waals surface area contributed by atoms with Crippen molar-refractivity contribution in [1.29, 1.82) is 0 Å². The molecule has 1 aliphatic heterocycles. The summed E-state index contributed by atoms with van der Waals surface area (Å²) in [5.74, 6) is 6.35. The van der Waals surface area contributed by atoms with Crippen LogP contribution in [-0.4, -0.2) is 82.3 Å². The maximum atomic E-state index is 13.3. The van der Waals surface area contributed by atoms with Crippen LogP contribution in [0.25, 0.3) is 0 Å². The molecule has 0 bridgehead atoms. The van der Waals surface area contributed by atoms with Crippen LogP contribution in [0.2, 0.25) is 0 Å². The number of likely N-dealkylation sites (N-methyl/N-ethyl adjacent to an activating group) is 1. The van der Waals surface area contributed by atoms with E-state index in [-0.39, 0.29) is 30.1 Å². The number of aliphatic hydroxyl groups excluding tert-OH is 1. The van der Waals surface area contributed by atoms with Crippen LogP contribution in [0.1, 0.15) is 19.4 Å². The minimum atomic E-state index is -3.80. The van der Waals surface area contributed by atoms with Crippen molar-refractivity contribution in [2.24, 2.45) is 5.92 Å². The average molecular weight is 410 g/mol. The van der Waals surface area contributed by atoms with Gasteiger partial charge in [0.15, 0.2) is 0 Å². The highest BCUT2D eigenvalue weighted by molar-refractivity contribution is 7.89. The predicted octanol–water partition coefficient (Wildman–Crippen LogP) is 0.588. The molecule has 0 amide bonds. The summed E-state index contributed by atoms with van der Waals surface area (Å²) in [7, 11) is 1.90. The Morgan fingerprint density at radius 1 is 1.43 bits per heavy atom. The minimum absolute atomic E-state index is 0.0622. The number of benzene rings is 1. The van der Waals surface area contributed by atoms with E-state index in [0.29, 0.717) is 24.4 Å². The van der Waals surface area contributed by atoms with Gasteiger partial charge in [-0.05, 0) is 46.3 Å². The van der Waals surface area contributed by atoms with Gasteiger partial charge in [-0.1, -0.05) is 18.8 Å². The zero-order valence-corrected chi connectivity index (χ0v) is 18.1. The largest absolute Gasteiger partial charge is 0.487 e. The van der Waals surface area contributed by atoms with Gasteiger partial charge < -0.3 is 15.2 Å². The first-order chi connectivity index (χ1) is 13.2. The van der Waals surface area contributed by atoms with E-state index in [1.54, 1.807) is 25.1 Å². The van der Waals surface area contributed by atoms with E-state index < -0.39 is 16.1 Å². The number of nitrogens with one attached hydrogen (secondary N) is 1. The Morgan fingerprint density at radius 2 is 2.14 bits per heavy atom. The first-order valence-corrected chi connectivity index (χ1v) is 10.9. The lowest BCUT2D eigenvalue weighted by Gasteiger charge is -2.36. The summed E-state index contributed by atoms with van der Waals surface area (Å²) in [6.45, 7) is 4.89. The van der Waals surface area contributed by atoms with E-state index in [2.05, 4.69) is 17.2 Å². The second-order valence-corrected chi connectivity index (χ2v) is 9.36. The Balaban J connectivity index is 2.54. The van der Waals surface area contributed by atoms with Crippen LogP contribution in [0, 0.1) is 17.8 Å². The van der Waals surface area contributed by atoms with Gasteiger partial charge in [-0.2, -0.15) is 4.31 Å². The SMILES string of the molecule is CNC[C@H]1Oc2cc(C#CCN(C)C)ccc2S(=O)(=O)N([C@H](C)CO)C[C@H]1C. The molecular formula is C20H31N3O4S. The molecule has 0 radical (unpaired) electrons. The number of hydrogen-bond donors (Lipinski definition) is 2. The number of hydrogen-bond acceptors (Lipinski definition) is 6. The molecular weight excluding hydrogens is 378 g/mol. The van der Waals surface area contributed by atoms with Gasteiger partial charge in [0, 0.05) is 30.6 Å². The molecule has 3 atom stereocenters. The molecule has 28 heavy (non-hydrogen) atoms. The topological polar surface area (TPSA) is 82.1 Å². The molecule has 2 rings (SSSR count). The Bertz CT molecular complexity index is 830. The molecule has 0 aliphatic carbocycles. The van der Waals surface area contributed by atoms with Crippen molar-refractivity contribution in [2.75, 3.05) is 47.4 Å². The summed E-state index contributed by atoms with van der Waals surface area (Å²) in [5, 5.41) is 12.7. The maximum absolute atomic E-state index is 13.3. The number of aliphatic hydroxyl groups is 1. The maximum Gasteiger partial charge on any atom is 0.247 e. The molecule has 1 heterocycles.